The Bertz CT molecular complexity index is 816. The summed E-state index contributed by atoms with van der Waals surface area (Å²) in [6.45, 7) is 4.88. The molecule has 3 aliphatic rings. The van der Waals surface area contributed by atoms with Crippen molar-refractivity contribution in [1.82, 2.24) is 15.1 Å². The highest BCUT2D eigenvalue weighted by Gasteiger charge is 2.44. The highest BCUT2D eigenvalue weighted by molar-refractivity contribution is 6.06. The van der Waals surface area contributed by atoms with Gasteiger partial charge in [0.1, 0.15) is 6.04 Å². The van der Waals surface area contributed by atoms with Crippen LogP contribution in [0.4, 0.5) is 4.79 Å². The van der Waals surface area contributed by atoms with Crippen LogP contribution in [0.15, 0.2) is 18.2 Å². The second-order valence-corrected chi connectivity index (χ2v) is 8.80. The fourth-order valence-corrected chi connectivity index (χ4v) is 5.05. The second kappa shape index (κ2) is 8.17. The minimum absolute atomic E-state index is 0.00794. The van der Waals surface area contributed by atoms with Crippen LogP contribution >= 0.6 is 0 Å². The molecule has 3 fully saturated rings. The molecule has 0 aromatic heterocycles. The van der Waals surface area contributed by atoms with Crippen LogP contribution in [0.25, 0.3) is 0 Å². The summed E-state index contributed by atoms with van der Waals surface area (Å²) < 4.78 is 0. The molecule has 0 unspecified atom stereocenters. The quantitative estimate of drug-likeness (QED) is 0.789. The van der Waals surface area contributed by atoms with Gasteiger partial charge in [0.05, 0.1) is 12.5 Å². The number of carbonyl (C=O) groups excluding carboxylic acids is 3. The van der Waals surface area contributed by atoms with Gasteiger partial charge in [0.15, 0.2) is 0 Å². The Labute approximate surface area is 172 Å². The summed E-state index contributed by atoms with van der Waals surface area (Å²) in [5.41, 5.74) is 3.62. The summed E-state index contributed by atoms with van der Waals surface area (Å²) in [5, 5.41) is 2.77. The zero-order valence-electron chi connectivity index (χ0n) is 17.4. The molecular weight excluding hydrogens is 366 g/mol. The third-order valence-electron chi connectivity index (χ3n) is 6.86. The Kier molecular flexibility index (Phi) is 5.61. The van der Waals surface area contributed by atoms with E-state index in [-0.39, 0.29) is 36.3 Å². The smallest absolute Gasteiger partial charge is 0.325 e. The maximum absolute atomic E-state index is 13.1. The van der Waals surface area contributed by atoms with Crippen molar-refractivity contribution in [2.75, 3.05) is 6.54 Å². The van der Waals surface area contributed by atoms with Crippen LogP contribution in [-0.2, 0) is 9.59 Å². The Balaban J connectivity index is 1.43. The number of imide groups is 1. The first-order valence-corrected chi connectivity index (χ1v) is 11.0. The van der Waals surface area contributed by atoms with E-state index in [0.29, 0.717) is 6.54 Å². The van der Waals surface area contributed by atoms with Crippen molar-refractivity contribution in [2.45, 2.75) is 83.3 Å². The van der Waals surface area contributed by atoms with Gasteiger partial charge in [-0.25, -0.2) is 4.79 Å². The van der Waals surface area contributed by atoms with Gasteiger partial charge in [0, 0.05) is 12.6 Å². The van der Waals surface area contributed by atoms with Crippen molar-refractivity contribution >= 4 is 17.8 Å². The molecule has 2 saturated heterocycles. The van der Waals surface area contributed by atoms with E-state index in [0.717, 1.165) is 50.5 Å². The number of carbonyl (C=O) groups is 3. The van der Waals surface area contributed by atoms with Crippen LogP contribution in [0.3, 0.4) is 0 Å². The molecule has 2 atom stereocenters. The zero-order chi connectivity index (χ0) is 20.5. The third kappa shape index (κ3) is 3.89. The lowest BCUT2D eigenvalue weighted by Crippen LogP contribution is -2.42. The minimum atomic E-state index is -0.724. The van der Waals surface area contributed by atoms with E-state index in [1.807, 2.05) is 4.90 Å². The number of nitrogens with zero attached hydrogens (tertiary/aromatic N) is 2. The van der Waals surface area contributed by atoms with Gasteiger partial charge in [-0.15, -0.1) is 0 Å². The Morgan fingerprint density at radius 1 is 1.03 bits per heavy atom. The van der Waals surface area contributed by atoms with Crippen LogP contribution in [0.5, 0.6) is 0 Å². The van der Waals surface area contributed by atoms with E-state index in [9.17, 15) is 14.4 Å². The fourth-order valence-electron chi connectivity index (χ4n) is 5.05. The number of hydrogen-bond donors (Lipinski definition) is 1. The molecule has 1 aromatic carbocycles. The number of hydrogen-bond acceptors (Lipinski definition) is 3. The van der Waals surface area contributed by atoms with Crippen molar-refractivity contribution in [3.05, 3.63) is 34.9 Å². The molecule has 156 valence electrons. The summed E-state index contributed by atoms with van der Waals surface area (Å²) >= 11 is 0. The van der Waals surface area contributed by atoms with Gasteiger partial charge in [-0.2, -0.15) is 0 Å². The van der Waals surface area contributed by atoms with Crippen molar-refractivity contribution in [3.63, 3.8) is 0 Å². The Morgan fingerprint density at radius 3 is 2.52 bits per heavy atom. The maximum Gasteiger partial charge on any atom is 0.325 e. The molecular formula is C23H31N3O3. The molecule has 1 N–H and O–H groups in total. The van der Waals surface area contributed by atoms with Crippen LogP contribution in [0, 0.1) is 13.8 Å². The lowest BCUT2D eigenvalue weighted by atomic mass is 9.94. The number of amides is 4. The van der Waals surface area contributed by atoms with E-state index in [1.54, 1.807) is 0 Å². The zero-order valence-corrected chi connectivity index (χ0v) is 17.4. The molecule has 4 rings (SSSR count). The predicted molar refractivity (Wildman–Crippen MR) is 110 cm³/mol. The average molecular weight is 398 g/mol. The molecule has 0 bridgehead atoms. The highest BCUT2D eigenvalue weighted by atomic mass is 16.2. The average Bonchev–Trinajstić information content (AvgIpc) is 3.30. The van der Waals surface area contributed by atoms with Gasteiger partial charge in [0.25, 0.3) is 5.91 Å². The monoisotopic (exact) mass is 397 g/mol. The molecule has 1 aliphatic carbocycles. The lowest BCUT2D eigenvalue weighted by Gasteiger charge is -2.29. The summed E-state index contributed by atoms with van der Waals surface area (Å²) in [6.07, 6.45) is 6.97. The number of benzene rings is 1. The number of likely N-dealkylation sites (tertiary alicyclic amines) is 1. The maximum atomic E-state index is 13.1. The first kappa shape index (κ1) is 19.9. The molecule has 4 amide bonds. The molecule has 2 aliphatic heterocycles. The number of rotatable bonds is 4. The SMILES string of the molecule is Cc1ccc([C@H]2CCCN2C(=O)C[C@@H]2NC(=O)N(C3CCCCC3)C2=O)cc1C. The summed E-state index contributed by atoms with van der Waals surface area (Å²) in [4.78, 5) is 41.7. The van der Waals surface area contributed by atoms with Gasteiger partial charge in [-0.3, -0.25) is 14.5 Å². The molecule has 1 saturated carbocycles. The molecule has 29 heavy (non-hydrogen) atoms. The molecule has 2 heterocycles. The molecule has 0 radical (unpaired) electrons. The van der Waals surface area contributed by atoms with Gasteiger partial charge in [0.2, 0.25) is 5.91 Å². The number of urea groups is 1. The van der Waals surface area contributed by atoms with Crippen molar-refractivity contribution < 1.29 is 14.4 Å². The number of nitrogens with one attached hydrogen (secondary N) is 1. The second-order valence-electron chi connectivity index (χ2n) is 8.80. The van der Waals surface area contributed by atoms with E-state index < -0.39 is 6.04 Å². The van der Waals surface area contributed by atoms with Gasteiger partial charge < -0.3 is 10.2 Å². The lowest BCUT2D eigenvalue weighted by molar-refractivity contribution is -0.137. The van der Waals surface area contributed by atoms with E-state index in [4.69, 9.17) is 0 Å². The van der Waals surface area contributed by atoms with Gasteiger partial charge >= 0.3 is 6.03 Å². The standard InChI is InChI=1S/C23H31N3O3/c1-15-10-11-17(13-16(15)2)20-9-6-12-25(20)21(27)14-19-22(28)26(23(29)24-19)18-7-4-3-5-8-18/h10-11,13,18-20H,3-9,12,14H2,1-2H3,(H,24,29)/t19-,20+/m0/s1. The Morgan fingerprint density at radius 2 is 1.79 bits per heavy atom. The first-order chi connectivity index (χ1) is 14.0. The van der Waals surface area contributed by atoms with Crippen LogP contribution in [-0.4, -0.2) is 46.3 Å². The van der Waals surface area contributed by atoms with Gasteiger partial charge in [-0.1, -0.05) is 37.5 Å². The molecule has 6 nitrogen and oxygen atoms in total. The first-order valence-electron chi connectivity index (χ1n) is 11.0. The molecule has 6 heteroatoms. The van der Waals surface area contributed by atoms with E-state index in [1.165, 1.54) is 16.0 Å². The van der Waals surface area contributed by atoms with Crippen molar-refractivity contribution in [1.29, 1.82) is 0 Å². The van der Waals surface area contributed by atoms with Gasteiger partial charge in [-0.05, 0) is 56.2 Å². The number of aryl methyl sites for hydroxylation is 2. The topological polar surface area (TPSA) is 69.7 Å². The van der Waals surface area contributed by atoms with Crippen LogP contribution in [0.2, 0.25) is 0 Å². The third-order valence-corrected chi connectivity index (χ3v) is 6.86. The normalized spacial score (nSPS) is 25.6. The summed E-state index contributed by atoms with van der Waals surface area (Å²) in [7, 11) is 0. The van der Waals surface area contributed by atoms with Crippen molar-refractivity contribution in [2.24, 2.45) is 0 Å². The van der Waals surface area contributed by atoms with E-state index >= 15 is 0 Å². The highest BCUT2D eigenvalue weighted by Crippen LogP contribution is 2.34. The summed E-state index contributed by atoms with van der Waals surface area (Å²) in [5.74, 6) is -0.271. The Hall–Kier alpha value is -2.37. The fraction of sp³-hybridized carbons (Fsp3) is 0.609. The molecule has 0 spiro atoms. The van der Waals surface area contributed by atoms with Crippen LogP contribution < -0.4 is 5.32 Å². The minimum Gasteiger partial charge on any atom is -0.336 e. The summed E-state index contributed by atoms with van der Waals surface area (Å²) in [6, 6.07) is 5.37. The molecule has 1 aromatic rings. The predicted octanol–water partition coefficient (Wildman–Crippen LogP) is 3.61. The van der Waals surface area contributed by atoms with Crippen LogP contribution in [0.1, 0.15) is 74.1 Å². The van der Waals surface area contributed by atoms with Crippen molar-refractivity contribution in [3.8, 4) is 0 Å². The van der Waals surface area contributed by atoms with E-state index in [2.05, 4.69) is 37.4 Å². The largest absolute Gasteiger partial charge is 0.336 e.